The fourth-order valence-corrected chi connectivity index (χ4v) is 7.52. The Morgan fingerprint density at radius 3 is 2.66 bits per heavy atom. The maximum atomic E-state index is 14.0. The molecule has 1 aliphatic rings. The normalized spacial score (nSPS) is 14.3. The summed E-state index contributed by atoms with van der Waals surface area (Å²) in [5.74, 6) is 0.0948. The number of alkyl halides is 3. The van der Waals surface area contributed by atoms with E-state index in [0.29, 0.717) is 69.7 Å². The molecular weight excluding hydrogens is 695 g/mol. The smallest absolute Gasteiger partial charge is 0.390 e. The molecule has 1 aliphatic heterocycles. The van der Waals surface area contributed by atoms with Gasteiger partial charge in [-0.05, 0) is 44.0 Å². The third-order valence-corrected chi connectivity index (χ3v) is 10.2. The van der Waals surface area contributed by atoms with Crippen molar-refractivity contribution in [1.29, 1.82) is 5.26 Å². The first-order chi connectivity index (χ1) is 23.9. The number of benzene rings is 1. The number of aromatic carboxylic acids is 1. The van der Waals surface area contributed by atoms with E-state index in [2.05, 4.69) is 21.0 Å². The van der Waals surface area contributed by atoms with Gasteiger partial charge in [0.25, 0.3) is 5.56 Å². The molecule has 5 aromatic rings. The number of carboxylic acids is 1. The van der Waals surface area contributed by atoms with E-state index in [-0.39, 0.29) is 47.8 Å². The van der Waals surface area contributed by atoms with Crippen molar-refractivity contribution in [2.45, 2.75) is 44.9 Å². The van der Waals surface area contributed by atoms with Crippen LogP contribution < -0.4 is 15.2 Å². The predicted molar refractivity (Wildman–Crippen MR) is 184 cm³/mol. The van der Waals surface area contributed by atoms with Crippen LogP contribution in [0.4, 0.5) is 19.0 Å². The van der Waals surface area contributed by atoms with Crippen molar-refractivity contribution in [3.63, 3.8) is 0 Å². The minimum atomic E-state index is -4.21. The lowest BCUT2D eigenvalue weighted by Gasteiger charge is -2.37. The highest BCUT2D eigenvalue weighted by atomic mass is 35.5. The van der Waals surface area contributed by atoms with Crippen molar-refractivity contribution >= 4 is 55.8 Å². The van der Waals surface area contributed by atoms with Gasteiger partial charge < -0.3 is 19.6 Å². The Labute approximate surface area is 293 Å². The van der Waals surface area contributed by atoms with Crippen LogP contribution in [-0.4, -0.2) is 81.0 Å². The summed E-state index contributed by atoms with van der Waals surface area (Å²) in [4.78, 5) is 42.6. The SMILES string of the molecule is Cc1nc2cnc(N(C)C3CCN(CCC(F)(F)F)CC3)c(C#N)c2c(=O)n1CCOc1ccc(Cl)cc1-c1ccnc2c(C(=O)O)csc12. The van der Waals surface area contributed by atoms with Crippen molar-refractivity contribution in [2.24, 2.45) is 0 Å². The first-order valence-electron chi connectivity index (χ1n) is 15.7. The Kier molecular flexibility index (Phi) is 9.97. The van der Waals surface area contributed by atoms with Crippen molar-refractivity contribution in [3.05, 3.63) is 74.4 Å². The second-order valence-corrected chi connectivity index (χ2v) is 13.3. The number of rotatable bonds is 10. The van der Waals surface area contributed by atoms with Crippen molar-refractivity contribution in [1.82, 2.24) is 24.4 Å². The molecule has 0 spiro atoms. The highest BCUT2D eigenvalue weighted by Crippen LogP contribution is 2.39. The molecule has 11 nitrogen and oxygen atoms in total. The van der Waals surface area contributed by atoms with Gasteiger partial charge in [0.1, 0.15) is 35.6 Å². The highest BCUT2D eigenvalue weighted by molar-refractivity contribution is 7.18. The number of likely N-dealkylation sites (tertiary alicyclic amines) is 1. The van der Waals surface area contributed by atoms with Gasteiger partial charge in [-0.1, -0.05) is 11.6 Å². The van der Waals surface area contributed by atoms with Crippen molar-refractivity contribution in [3.8, 4) is 22.9 Å². The molecule has 1 saturated heterocycles. The maximum absolute atomic E-state index is 14.0. The number of carbonyl (C=O) groups is 1. The molecule has 1 aromatic carbocycles. The molecule has 0 amide bonds. The number of piperidine rings is 1. The minimum Gasteiger partial charge on any atom is -0.491 e. The molecule has 0 saturated carbocycles. The van der Waals surface area contributed by atoms with E-state index >= 15 is 0 Å². The second kappa shape index (κ2) is 14.2. The lowest BCUT2D eigenvalue weighted by molar-refractivity contribution is -0.138. The zero-order valence-corrected chi connectivity index (χ0v) is 28.6. The number of fused-ring (bicyclic) bond motifs is 2. The molecule has 0 aliphatic carbocycles. The van der Waals surface area contributed by atoms with E-state index in [1.807, 2.05) is 4.90 Å². The quantitative estimate of drug-likeness (QED) is 0.169. The Morgan fingerprint density at radius 1 is 1.20 bits per heavy atom. The average molecular weight is 726 g/mol. The third kappa shape index (κ3) is 7.09. The van der Waals surface area contributed by atoms with Crippen LogP contribution in [0.25, 0.3) is 32.2 Å². The number of aromatic nitrogens is 4. The summed E-state index contributed by atoms with van der Waals surface area (Å²) in [6, 6.07) is 8.92. The van der Waals surface area contributed by atoms with Gasteiger partial charge in [0, 0.05) is 60.5 Å². The monoisotopic (exact) mass is 725 g/mol. The van der Waals surface area contributed by atoms with Crippen LogP contribution in [0.5, 0.6) is 5.75 Å². The van der Waals surface area contributed by atoms with E-state index in [4.69, 9.17) is 16.3 Å². The summed E-state index contributed by atoms with van der Waals surface area (Å²) >= 11 is 7.61. The van der Waals surface area contributed by atoms with Crippen LogP contribution in [0.15, 0.2) is 46.8 Å². The van der Waals surface area contributed by atoms with Gasteiger partial charge in [-0.3, -0.25) is 14.3 Å². The molecule has 0 radical (unpaired) electrons. The highest BCUT2D eigenvalue weighted by Gasteiger charge is 2.31. The largest absolute Gasteiger partial charge is 0.491 e. The molecule has 1 N–H and O–H groups in total. The minimum absolute atomic E-state index is 0.0499. The Morgan fingerprint density at radius 2 is 1.96 bits per heavy atom. The summed E-state index contributed by atoms with van der Waals surface area (Å²) in [5.41, 5.74) is 1.70. The summed E-state index contributed by atoms with van der Waals surface area (Å²) in [7, 11) is 1.78. The van der Waals surface area contributed by atoms with E-state index in [1.165, 1.54) is 33.7 Å². The molecule has 1 fully saturated rings. The van der Waals surface area contributed by atoms with Gasteiger partial charge in [-0.2, -0.15) is 18.4 Å². The Balaban J connectivity index is 1.24. The summed E-state index contributed by atoms with van der Waals surface area (Å²) in [6.45, 7) is 2.73. The van der Waals surface area contributed by atoms with Crippen molar-refractivity contribution in [2.75, 3.05) is 38.2 Å². The molecule has 0 bridgehead atoms. The first-order valence-corrected chi connectivity index (χ1v) is 17.0. The summed E-state index contributed by atoms with van der Waals surface area (Å²) in [5, 5.41) is 21.9. The number of thiophene rings is 1. The second-order valence-electron chi connectivity index (χ2n) is 12.0. The maximum Gasteiger partial charge on any atom is 0.390 e. The number of ether oxygens (including phenoxy) is 1. The molecule has 0 unspecified atom stereocenters. The number of aryl methyl sites for hydroxylation is 1. The van der Waals surface area contributed by atoms with Gasteiger partial charge >= 0.3 is 12.1 Å². The number of hydrogen-bond donors (Lipinski definition) is 1. The molecule has 260 valence electrons. The van der Waals surface area contributed by atoms with Crippen LogP contribution in [0.3, 0.4) is 0 Å². The van der Waals surface area contributed by atoms with E-state index in [0.717, 1.165) is 0 Å². The van der Waals surface area contributed by atoms with E-state index < -0.39 is 24.1 Å². The average Bonchev–Trinajstić information content (AvgIpc) is 3.53. The molecule has 50 heavy (non-hydrogen) atoms. The number of hydrogen-bond acceptors (Lipinski definition) is 10. The fraction of sp³-hybridized carbons (Fsp3) is 0.353. The van der Waals surface area contributed by atoms with Crippen molar-refractivity contribution < 1.29 is 27.8 Å². The Bertz CT molecular complexity index is 2190. The molecule has 0 atom stereocenters. The molecule has 16 heteroatoms. The van der Waals surface area contributed by atoms with Gasteiger partial charge in [-0.25, -0.2) is 14.8 Å². The van der Waals surface area contributed by atoms with Crippen LogP contribution in [0.1, 0.15) is 41.0 Å². The molecular formula is C34H31ClF3N7O4S. The zero-order chi connectivity index (χ0) is 35.7. The third-order valence-electron chi connectivity index (χ3n) is 8.92. The van der Waals surface area contributed by atoms with E-state index in [1.54, 1.807) is 43.1 Å². The van der Waals surface area contributed by atoms with Crippen LogP contribution in [-0.2, 0) is 6.54 Å². The van der Waals surface area contributed by atoms with Crippen LogP contribution >= 0.6 is 22.9 Å². The number of halogens is 4. The van der Waals surface area contributed by atoms with Gasteiger partial charge in [-0.15, -0.1) is 11.3 Å². The Hall–Kier alpha value is -4.78. The van der Waals surface area contributed by atoms with Gasteiger partial charge in [0.2, 0.25) is 0 Å². The van der Waals surface area contributed by atoms with Gasteiger partial charge in [0.15, 0.2) is 0 Å². The number of carboxylic acid groups (broad SMARTS) is 1. The lowest BCUT2D eigenvalue weighted by atomic mass is 10.0. The summed E-state index contributed by atoms with van der Waals surface area (Å²) in [6.07, 6.45) is -0.913. The number of nitriles is 1. The zero-order valence-electron chi connectivity index (χ0n) is 27.0. The van der Waals surface area contributed by atoms with Crippen LogP contribution in [0, 0.1) is 18.3 Å². The van der Waals surface area contributed by atoms with Crippen LogP contribution in [0.2, 0.25) is 5.02 Å². The fourth-order valence-electron chi connectivity index (χ4n) is 6.32. The predicted octanol–water partition coefficient (Wildman–Crippen LogP) is 6.53. The first kappa shape index (κ1) is 35.1. The number of anilines is 1. The van der Waals surface area contributed by atoms with E-state index in [9.17, 15) is 33.1 Å². The van der Waals surface area contributed by atoms with Gasteiger partial charge in [0.05, 0.1) is 45.8 Å². The lowest BCUT2D eigenvalue weighted by Crippen LogP contribution is -2.44. The standard InChI is InChI=1S/C34H31ClF3N7O4S/c1-19-42-26-17-41-31(43(2)21-6-10-44(11-7-21)12-8-34(36,37)38)24(16-39)28(26)32(46)45(19)13-14-49-27-4-3-20(35)15-23(27)22-5-9-40-29-25(33(47)48)18-50-30(22)29/h3-5,9,15,17-18,21H,6-8,10-14H2,1-2H3,(H,47,48). The molecule has 6 rings (SSSR count). The number of pyridine rings is 2. The number of nitrogens with zero attached hydrogens (tertiary/aromatic N) is 7. The topological polar surface area (TPSA) is 137 Å². The molecule has 4 aromatic heterocycles. The molecule has 5 heterocycles. The summed E-state index contributed by atoms with van der Waals surface area (Å²) < 4.78 is 46.4.